The second kappa shape index (κ2) is 5.57. The maximum absolute atomic E-state index is 9.99. The maximum Gasteiger partial charge on any atom is 0.161 e. The van der Waals surface area contributed by atoms with E-state index in [4.69, 9.17) is 10.5 Å². The van der Waals surface area contributed by atoms with Crippen LogP contribution in [0.5, 0.6) is 11.5 Å². The molecule has 1 aromatic rings. The van der Waals surface area contributed by atoms with Crippen LogP contribution in [0.3, 0.4) is 0 Å². The molecule has 0 saturated carbocycles. The van der Waals surface area contributed by atoms with Crippen molar-refractivity contribution in [3.8, 4) is 11.5 Å². The van der Waals surface area contributed by atoms with Crippen LogP contribution in [0, 0.1) is 5.41 Å². The fraction of sp³-hybridized carbons (Fsp3) is 0.571. The van der Waals surface area contributed by atoms with Gasteiger partial charge in [-0.3, -0.25) is 0 Å². The number of halogens is 1. The number of benzene rings is 1. The third-order valence-corrected chi connectivity index (χ3v) is 3.54. The molecule has 0 saturated heterocycles. The van der Waals surface area contributed by atoms with Gasteiger partial charge >= 0.3 is 0 Å². The Bertz CT molecular complexity index is 457. The van der Waals surface area contributed by atoms with Crippen LogP contribution < -0.4 is 5.73 Å². The molecule has 1 aliphatic rings. The lowest BCUT2D eigenvalue weighted by Gasteiger charge is -2.39. The minimum absolute atomic E-state index is 0. The van der Waals surface area contributed by atoms with Gasteiger partial charge in [-0.25, -0.2) is 0 Å². The van der Waals surface area contributed by atoms with Gasteiger partial charge in [0.1, 0.15) is 0 Å². The number of rotatable bonds is 1. The molecule has 2 atom stereocenters. The highest BCUT2D eigenvalue weighted by Crippen LogP contribution is 2.43. The van der Waals surface area contributed by atoms with E-state index in [1.165, 1.54) is 6.07 Å². The topological polar surface area (TPSA) is 75.7 Å². The molecule has 0 spiro atoms. The van der Waals surface area contributed by atoms with Crippen LogP contribution in [-0.2, 0) is 11.2 Å². The molecule has 5 heteroatoms. The van der Waals surface area contributed by atoms with Crippen molar-refractivity contribution < 1.29 is 14.9 Å². The zero-order valence-corrected chi connectivity index (χ0v) is 12.3. The van der Waals surface area contributed by atoms with E-state index < -0.39 is 0 Å². The Morgan fingerprint density at radius 2 is 1.95 bits per heavy atom. The summed E-state index contributed by atoms with van der Waals surface area (Å²) in [5.74, 6) is -0.123. The fourth-order valence-corrected chi connectivity index (χ4v) is 2.35. The summed E-state index contributed by atoms with van der Waals surface area (Å²) < 4.78 is 6.00. The van der Waals surface area contributed by atoms with Crippen molar-refractivity contribution in [3.63, 3.8) is 0 Å². The van der Waals surface area contributed by atoms with E-state index in [9.17, 15) is 10.2 Å². The average Bonchev–Trinajstić information content (AvgIpc) is 2.31. The first kappa shape index (κ1) is 16.1. The van der Waals surface area contributed by atoms with Crippen molar-refractivity contribution in [2.45, 2.75) is 39.4 Å². The SMILES string of the molecule is CC(C)(C)C1Cc2c(ccc(O)c2O)C(CN)O1.Cl. The Labute approximate surface area is 120 Å². The number of hydrogen-bond donors (Lipinski definition) is 3. The Kier molecular flexibility index (Phi) is 4.72. The third-order valence-electron chi connectivity index (χ3n) is 3.54. The summed E-state index contributed by atoms with van der Waals surface area (Å²) >= 11 is 0. The maximum atomic E-state index is 9.99. The molecule has 0 radical (unpaired) electrons. The van der Waals surface area contributed by atoms with Gasteiger partial charge in [-0.2, -0.15) is 0 Å². The summed E-state index contributed by atoms with van der Waals surface area (Å²) in [5.41, 5.74) is 7.35. The van der Waals surface area contributed by atoms with Crippen LogP contribution in [0.2, 0.25) is 0 Å². The standard InChI is InChI=1S/C14H21NO3.ClH/c1-14(2,3)12-6-9-8(11(7-15)18-12)4-5-10(16)13(9)17;/h4-5,11-12,16-17H,6-7,15H2,1-3H3;1H. The molecule has 1 heterocycles. The Balaban J connectivity index is 0.00000180. The summed E-state index contributed by atoms with van der Waals surface area (Å²) in [6, 6.07) is 3.26. The van der Waals surface area contributed by atoms with Crippen molar-refractivity contribution >= 4 is 12.4 Å². The van der Waals surface area contributed by atoms with Crippen LogP contribution in [0.15, 0.2) is 12.1 Å². The summed E-state index contributed by atoms with van der Waals surface area (Å²) in [6.07, 6.45) is 0.353. The molecule has 1 aliphatic heterocycles. The van der Waals surface area contributed by atoms with Gasteiger partial charge in [-0.1, -0.05) is 26.8 Å². The minimum Gasteiger partial charge on any atom is -0.504 e. The van der Waals surface area contributed by atoms with E-state index in [1.807, 2.05) is 0 Å². The molecule has 1 aromatic carbocycles. The lowest BCUT2D eigenvalue weighted by molar-refractivity contribution is -0.0747. The Morgan fingerprint density at radius 3 is 2.47 bits per heavy atom. The van der Waals surface area contributed by atoms with E-state index in [0.29, 0.717) is 13.0 Å². The lowest BCUT2D eigenvalue weighted by Crippen LogP contribution is -2.38. The molecule has 0 aromatic heterocycles. The summed E-state index contributed by atoms with van der Waals surface area (Å²) in [5, 5.41) is 19.6. The average molecular weight is 288 g/mol. The van der Waals surface area contributed by atoms with Crippen molar-refractivity contribution in [3.05, 3.63) is 23.3 Å². The van der Waals surface area contributed by atoms with Gasteiger partial charge in [-0.05, 0) is 17.0 Å². The van der Waals surface area contributed by atoms with Gasteiger partial charge in [-0.15, -0.1) is 12.4 Å². The quantitative estimate of drug-likeness (QED) is 0.694. The Morgan fingerprint density at radius 1 is 1.32 bits per heavy atom. The smallest absolute Gasteiger partial charge is 0.161 e. The zero-order valence-electron chi connectivity index (χ0n) is 11.5. The van der Waals surface area contributed by atoms with Gasteiger partial charge in [0.25, 0.3) is 0 Å². The lowest BCUT2D eigenvalue weighted by atomic mass is 9.81. The molecule has 19 heavy (non-hydrogen) atoms. The molecular formula is C14H22ClNO3. The number of phenols is 2. The van der Waals surface area contributed by atoms with Crippen molar-refractivity contribution in [1.29, 1.82) is 0 Å². The van der Waals surface area contributed by atoms with Gasteiger partial charge < -0.3 is 20.7 Å². The second-order valence-electron chi connectivity index (χ2n) is 5.92. The molecule has 4 N–H and O–H groups in total. The van der Waals surface area contributed by atoms with Crippen molar-refractivity contribution in [2.75, 3.05) is 6.54 Å². The molecule has 2 rings (SSSR count). The number of nitrogens with two attached hydrogens (primary N) is 1. The minimum atomic E-state index is -0.218. The van der Waals surface area contributed by atoms with Crippen molar-refractivity contribution in [1.82, 2.24) is 0 Å². The number of aromatic hydroxyl groups is 2. The highest BCUT2D eigenvalue weighted by Gasteiger charge is 2.35. The van der Waals surface area contributed by atoms with Gasteiger partial charge in [0.15, 0.2) is 11.5 Å². The molecule has 4 nitrogen and oxygen atoms in total. The summed E-state index contributed by atoms with van der Waals surface area (Å²) in [7, 11) is 0. The van der Waals surface area contributed by atoms with Crippen LogP contribution in [-0.4, -0.2) is 22.9 Å². The number of phenolic OH excluding ortho intramolecular Hbond substituents is 2. The van der Waals surface area contributed by atoms with E-state index in [0.717, 1.165) is 11.1 Å². The third kappa shape index (κ3) is 2.96. The largest absolute Gasteiger partial charge is 0.504 e. The first-order valence-corrected chi connectivity index (χ1v) is 6.23. The predicted octanol–water partition coefficient (Wildman–Crippen LogP) is 2.51. The fourth-order valence-electron chi connectivity index (χ4n) is 2.35. The predicted molar refractivity (Wildman–Crippen MR) is 76.8 cm³/mol. The molecule has 0 aliphatic carbocycles. The van der Waals surface area contributed by atoms with Gasteiger partial charge in [0, 0.05) is 18.5 Å². The second-order valence-corrected chi connectivity index (χ2v) is 5.92. The molecule has 0 bridgehead atoms. The van der Waals surface area contributed by atoms with E-state index in [-0.39, 0.29) is 41.5 Å². The van der Waals surface area contributed by atoms with E-state index in [2.05, 4.69) is 20.8 Å². The first-order chi connectivity index (χ1) is 8.34. The van der Waals surface area contributed by atoms with Gasteiger partial charge in [0.2, 0.25) is 0 Å². The normalized spacial score (nSPS) is 22.5. The molecule has 0 fully saturated rings. The molecule has 108 valence electrons. The van der Waals surface area contributed by atoms with Gasteiger partial charge in [0.05, 0.1) is 12.2 Å². The first-order valence-electron chi connectivity index (χ1n) is 6.23. The van der Waals surface area contributed by atoms with Crippen LogP contribution >= 0.6 is 12.4 Å². The summed E-state index contributed by atoms with van der Waals surface area (Å²) in [6.45, 7) is 6.64. The van der Waals surface area contributed by atoms with Crippen LogP contribution in [0.25, 0.3) is 0 Å². The number of hydrogen-bond acceptors (Lipinski definition) is 4. The highest BCUT2D eigenvalue weighted by molar-refractivity contribution is 5.85. The van der Waals surface area contributed by atoms with Crippen LogP contribution in [0.4, 0.5) is 0 Å². The zero-order chi connectivity index (χ0) is 13.5. The van der Waals surface area contributed by atoms with E-state index >= 15 is 0 Å². The number of ether oxygens (including phenoxy) is 1. The van der Waals surface area contributed by atoms with Crippen molar-refractivity contribution in [2.24, 2.45) is 11.1 Å². The monoisotopic (exact) mass is 287 g/mol. The van der Waals surface area contributed by atoms with Crippen LogP contribution in [0.1, 0.15) is 38.0 Å². The molecular weight excluding hydrogens is 266 g/mol. The Hall–Kier alpha value is -0.970. The summed E-state index contributed by atoms with van der Waals surface area (Å²) in [4.78, 5) is 0. The van der Waals surface area contributed by atoms with E-state index in [1.54, 1.807) is 6.07 Å². The molecule has 0 amide bonds. The highest BCUT2D eigenvalue weighted by atomic mass is 35.5. The number of fused-ring (bicyclic) bond motifs is 1. The molecule has 2 unspecified atom stereocenters.